The Morgan fingerprint density at radius 2 is 2.10 bits per heavy atom. The van der Waals surface area contributed by atoms with E-state index in [1.165, 1.54) is 13.3 Å². The van der Waals surface area contributed by atoms with Crippen molar-refractivity contribution in [3.63, 3.8) is 0 Å². The highest BCUT2D eigenvalue weighted by molar-refractivity contribution is 6.32. The summed E-state index contributed by atoms with van der Waals surface area (Å²) >= 11 is 5.97. The van der Waals surface area contributed by atoms with E-state index in [1.54, 1.807) is 25.3 Å². The van der Waals surface area contributed by atoms with E-state index in [2.05, 4.69) is 15.0 Å². The number of nitrogens with zero attached hydrogens (tertiary/aromatic N) is 1. The molecule has 0 saturated heterocycles. The summed E-state index contributed by atoms with van der Waals surface area (Å²) in [6.07, 6.45) is 1.49. The second-order valence-electron chi connectivity index (χ2n) is 4.23. The third-order valence-corrected chi connectivity index (χ3v) is 3.18. The molecule has 0 spiro atoms. The molecule has 0 radical (unpaired) electrons. The first-order chi connectivity index (χ1) is 10.1. The molecule has 0 aliphatic rings. The van der Waals surface area contributed by atoms with E-state index in [9.17, 15) is 4.79 Å². The summed E-state index contributed by atoms with van der Waals surface area (Å²) in [6.45, 7) is 0.520. The van der Waals surface area contributed by atoms with Gasteiger partial charge in [0.1, 0.15) is 5.75 Å². The maximum atomic E-state index is 11.3. The van der Waals surface area contributed by atoms with Crippen molar-refractivity contribution in [2.24, 2.45) is 0 Å². The van der Waals surface area contributed by atoms with E-state index in [0.29, 0.717) is 22.9 Å². The standard InChI is InChI=1S/C15H15ClN2O3/c1-20-14-7-11(5-6-13(14)16)18-9-12-4-3-10(8-17-12)15(19)21-2/h3-8,18H,9H2,1-2H3. The number of esters is 1. The van der Waals surface area contributed by atoms with Crippen molar-refractivity contribution in [2.45, 2.75) is 6.54 Å². The van der Waals surface area contributed by atoms with Gasteiger partial charge in [0.25, 0.3) is 0 Å². The van der Waals surface area contributed by atoms with Gasteiger partial charge in [-0.05, 0) is 24.3 Å². The van der Waals surface area contributed by atoms with Gasteiger partial charge in [-0.3, -0.25) is 4.98 Å². The van der Waals surface area contributed by atoms with E-state index in [-0.39, 0.29) is 0 Å². The molecule has 1 aromatic carbocycles. The Kier molecular flexibility index (Phi) is 5.00. The van der Waals surface area contributed by atoms with E-state index in [0.717, 1.165) is 11.4 Å². The number of benzene rings is 1. The molecule has 0 unspecified atom stereocenters. The first kappa shape index (κ1) is 15.1. The van der Waals surface area contributed by atoms with Crippen LogP contribution in [0.1, 0.15) is 16.1 Å². The number of carbonyl (C=O) groups is 1. The number of ether oxygens (including phenoxy) is 2. The SMILES string of the molecule is COC(=O)c1ccc(CNc2ccc(Cl)c(OC)c2)nc1. The molecule has 1 heterocycles. The smallest absolute Gasteiger partial charge is 0.339 e. The molecule has 2 rings (SSSR count). The number of aromatic nitrogens is 1. The molecule has 0 fully saturated rings. The number of halogens is 1. The van der Waals surface area contributed by atoms with E-state index in [1.807, 2.05) is 12.1 Å². The molecular weight excluding hydrogens is 292 g/mol. The predicted molar refractivity (Wildman–Crippen MR) is 80.9 cm³/mol. The van der Waals surface area contributed by atoms with Crippen LogP contribution in [0, 0.1) is 0 Å². The molecule has 0 aliphatic carbocycles. The monoisotopic (exact) mass is 306 g/mol. The van der Waals surface area contributed by atoms with Gasteiger partial charge in [-0.15, -0.1) is 0 Å². The highest BCUT2D eigenvalue weighted by Gasteiger charge is 2.06. The quantitative estimate of drug-likeness (QED) is 0.860. The molecule has 1 aromatic heterocycles. The lowest BCUT2D eigenvalue weighted by Gasteiger charge is -2.09. The van der Waals surface area contributed by atoms with Gasteiger partial charge < -0.3 is 14.8 Å². The van der Waals surface area contributed by atoms with Crippen LogP contribution < -0.4 is 10.1 Å². The summed E-state index contributed by atoms with van der Waals surface area (Å²) < 4.78 is 9.77. The van der Waals surface area contributed by atoms with Gasteiger partial charge >= 0.3 is 5.97 Å². The van der Waals surface area contributed by atoms with Crippen LogP contribution >= 0.6 is 11.6 Å². The molecule has 0 aliphatic heterocycles. The maximum absolute atomic E-state index is 11.3. The largest absolute Gasteiger partial charge is 0.495 e. The lowest BCUT2D eigenvalue weighted by Crippen LogP contribution is -2.05. The van der Waals surface area contributed by atoms with Crippen molar-refractivity contribution in [2.75, 3.05) is 19.5 Å². The third kappa shape index (κ3) is 3.86. The number of carbonyl (C=O) groups excluding carboxylic acids is 1. The van der Waals surface area contributed by atoms with Crippen molar-refractivity contribution in [3.05, 3.63) is 52.8 Å². The topological polar surface area (TPSA) is 60.5 Å². The molecule has 2 aromatic rings. The normalized spacial score (nSPS) is 10.0. The minimum Gasteiger partial charge on any atom is -0.495 e. The predicted octanol–water partition coefficient (Wildman–Crippen LogP) is 3.14. The van der Waals surface area contributed by atoms with E-state index >= 15 is 0 Å². The van der Waals surface area contributed by atoms with Gasteiger partial charge in [-0.25, -0.2) is 4.79 Å². The van der Waals surface area contributed by atoms with Gasteiger partial charge in [0.05, 0.1) is 37.0 Å². The fraction of sp³-hybridized carbons (Fsp3) is 0.200. The van der Waals surface area contributed by atoms with Crippen molar-refractivity contribution in [3.8, 4) is 5.75 Å². The molecule has 0 saturated carbocycles. The molecular formula is C15H15ClN2O3. The third-order valence-electron chi connectivity index (χ3n) is 2.87. The number of anilines is 1. The molecule has 5 nitrogen and oxygen atoms in total. The van der Waals surface area contributed by atoms with Crippen LogP contribution in [0.4, 0.5) is 5.69 Å². The summed E-state index contributed by atoms with van der Waals surface area (Å²) in [4.78, 5) is 15.5. The lowest BCUT2D eigenvalue weighted by molar-refractivity contribution is 0.0600. The van der Waals surface area contributed by atoms with Crippen LogP contribution in [0.3, 0.4) is 0 Å². The summed E-state index contributed by atoms with van der Waals surface area (Å²) in [5.41, 5.74) is 2.10. The summed E-state index contributed by atoms with van der Waals surface area (Å²) in [5, 5.41) is 3.77. The fourth-order valence-electron chi connectivity index (χ4n) is 1.73. The zero-order valence-electron chi connectivity index (χ0n) is 11.7. The molecule has 0 bridgehead atoms. The van der Waals surface area contributed by atoms with Gasteiger partial charge in [-0.1, -0.05) is 11.6 Å². The summed E-state index contributed by atoms with van der Waals surface area (Å²) in [7, 11) is 2.91. The van der Waals surface area contributed by atoms with Gasteiger partial charge in [0, 0.05) is 18.0 Å². The van der Waals surface area contributed by atoms with Crippen molar-refractivity contribution in [1.82, 2.24) is 4.98 Å². The fourth-order valence-corrected chi connectivity index (χ4v) is 1.92. The molecule has 1 N–H and O–H groups in total. The van der Waals surface area contributed by atoms with Crippen LogP contribution in [0.2, 0.25) is 5.02 Å². The van der Waals surface area contributed by atoms with Gasteiger partial charge in [0.15, 0.2) is 0 Å². The number of nitrogens with one attached hydrogen (secondary N) is 1. The van der Waals surface area contributed by atoms with Crippen LogP contribution in [-0.4, -0.2) is 25.2 Å². The van der Waals surface area contributed by atoms with Crippen molar-refractivity contribution < 1.29 is 14.3 Å². The molecule has 110 valence electrons. The van der Waals surface area contributed by atoms with Crippen molar-refractivity contribution >= 4 is 23.3 Å². The Labute approximate surface area is 127 Å². The Balaban J connectivity index is 2.01. The Bertz CT molecular complexity index is 629. The number of rotatable bonds is 5. The minimum absolute atomic E-state index is 0.399. The number of pyridine rings is 1. The molecule has 6 heteroatoms. The van der Waals surface area contributed by atoms with Crippen LogP contribution in [0.15, 0.2) is 36.5 Å². The summed E-state index contributed by atoms with van der Waals surface area (Å²) in [5.74, 6) is 0.208. The maximum Gasteiger partial charge on any atom is 0.339 e. The summed E-state index contributed by atoms with van der Waals surface area (Å²) in [6, 6.07) is 8.88. The number of hydrogen-bond acceptors (Lipinski definition) is 5. The van der Waals surface area contributed by atoms with E-state index < -0.39 is 5.97 Å². The number of methoxy groups -OCH3 is 2. The van der Waals surface area contributed by atoms with Crippen LogP contribution in [0.25, 0.3) is 0 Å². The number of hydrogen-bond donors (Lipinski definition) is 1. The van der Waals surface area contributed by atoms with E-state index in [4.69, 9.17) is 16.3 Å². The molecule has 0 atom stereocenters. The van der Waals surface area contributed by atoms with Gasteiger partial charge in [0.2, 0.25) is 0 Å². The Morgan fingerprint density at radius 1 is 1.29 bits per heavy atom. The average molecular weight is 307 g/mol. The first-order valence-electron chi connectivity index (χ1n) is 6.24. The van der Waals surface area contributed by atoms with Crippen LogP contribution in [0.5, 0.6) is 5.75 Å². The van der Waals surface area contributed by atoms with Crippen molar-refractivity contribution in [1.29, 1.82) is 0 Å². The average Bonchev–Trinajstić information content (AvgIpc) is 2.53. The van der Waals surface area contributed by atoms with Gasteiger partial charge in [-0.2, -0.15) is 0 Å². The second kappa shape index (κ2) is 6.95. The Hall–Kier alpha value is -2.27. The highest BCUT2D eigenvalue weighted by Crippen LogP contribution is 2.27. The Morgan fingerprint density at radius 3 is 2.71 bits per heavy atom. The lowest BCUT2D eigenvalue weighted by atomic mass is 10.2. The second-order valence-corrected chi connectivity index (χ2v) is 4.64. The van der Waals surface area contributed by atoms with Crippen LogP contribution in [-0.2, 0) is 11.3 Å². The molecule has 21 heavy (non-hydrogen) atoms. The minimum atomic E-state index is -0.399. The first-order valence-corrected chi connectivity index (χ1v) is 6.62. The molecule has 0 amide bonds. The zero-order chi connectivity index (χ0) is 15.2. The highest BCUT2D eigenvalue weighted by atomic mass is 35.5. The zero-order valence-corrected chi connectivity index (χ0v) is 12.5.